The zero-order chi connectivity index (χ0) is 10.1. The number of nitrogens with one attached hydrogen (secondary N) is 1. The first-order chi connectivity index (χ1) is 6.66. The molecule has 0 saturated carbocycles. The van der Waals surface area contributed by atoms with E-state index in [-0.39, 0.29) is 11.3 Å². The minimum absolute atomic E-state index is 0.281. The van der Waals surface area contributed by atoms with Crippen LogP contribution in [0.5, 0.6) is 0 Å². The van der Waals surface area contributed by atoms with Crippen LogP contribution in [0.1, 0.15) is 17.8 Å². The van der Waals surface area contributed by atoms with Crippen molar-refractivity contribution in [3.05, 3.63) is 20.8 Å². The molecule has 0 amide bonds. The van der Waals surface area contributed by atoms with Crippen molar-refractivity contribution in [1.29, 1.82) is 0 Å². The molecule has 1 fully saturated rings. The Kier molecular flexibility index (Phi) is 3.42. The quantitative estimate of drug-likeness (QED) is 0.861. The molecule has 0 spiro atoms. The molecule has 0 aliphatic carbocycles. The minimum atomic E-state index is -0.677. The summed E-state index contributed by atoms with van der Waals surface area (Å²) in [6.45, 7) is 2.89. The highest BCUT2D eigenvalue weighted by atomic mass is 79.9. The summed E-state index contributed by atoms with van der Waals surface area (Å²) in [7, 11) is -0.677. The van der Waals surface area contributed by atoms with Crippen molar-refractivity contribution in [3.63, 3.8) is 0 Å². The zero-order valence-electron chi connectivity index (χ0n) is 7.83. The molecule has 14 heavy (non-hydrogen) atoms. The third-order valence-corrected chi connectivity index (χ3v) is 5.83. The second-order valence-corrected chi connectivity index (χ2v) is 7.85. The Morgan fingerprint density at radius 3 is 3.00 bits per heavy atom. The fraction of sp³-hybridized carbons (Fsp3) is 0.556. The van der Waals surface area contributed by atoms with Gasteiger partial charge in [0.1, 0.15) is 0 Å². The van der Waals surface area contributed by atoms with Gasteiger partial charge in [0, 0.05) is 33.2 Å². The summed E-state index contributed by atoms with van der Waals surface area (Å²) in [6.07, 6.45) is 0. The molecule has 78 valence electrons. The molecule has 1 N–H and O–H groups in total. The topological polar surface area (TPSA) is 29.1 Å². The molecule has 0 radical (unpaired) electrons. The van der Waals surface area contributed by atoms with Crippen LogP contribution < -0.4 is 5.32 Å². The predicted octanol–water partition coefficient (Wildman–Crippen LogP) is 2.29. The molecular weight excluding hydrogens is 282 g/mol. The summed E-state index contributed by atoms with van der Waals surface area (Å²) >= 11 is 5.16. The zero-order valence-corrected chi connectivity index (χ0v) is 11.0. The molecule has 1 aromatic rings. The van der Waals surface area contributed by atoms with Gasteiger partial charge >= 0.3 is 0 Å². The summed E-state index contributed by atoms with van der Waals surface area (Å²) in [6, 6.07) is 4.42. The highest BCUT2D eigenvalue weighted by Crippen LogP contribution is 2.29. The van der Waals surface area contributed by atoms with E-state index in [0.717, 1.165) is 16.1 Å². The molecule has 0 bridgehead atoms. The number of hydrogen-bond donors (Lipinski definition) is 1. The molecule has 1 saturated heterocycles. The molecule has 3 atom stereocenters. The standard InChI is InChI=1S/C9H12BrNOS2/c1-6-4-11-7(5-14(6)12)8-2-3-9(10)13-8/h2-3,6-7,11H,4-5H2,1H3. The smallest absolute Gasteiger partial charge is 0.0701 e. The minimum Gasteiger partial charge on any atom is -0.307 e. The van der Waals surface area contributed by atoms with Crippen LogP contribution in [-0.2, 0) is 10.8 Å². The van der Waals surface area contributed by atoms with E-state index in [1.54, 1.807) is 11.3 Å². The summed E-state index contributed by atoms with van der Waals surface area (Å²) in [5.74, 6) is 0.744. The van der Waals surface area contributed by atoms with E-state index >= 15 is 0 Å². The van der Waals surface area contributed by atoms with E-state index in [4.69, 9.17) is 0 Å². The average molecular weight is 294 g/mol. The summed E-state index contributed by atoms with van der Waals surface area (Å²) < 4.78 is 12.8. The average Bonchev–Trinajstić information content (AvgIpc) is 2.57. The lowest BCUT2D eigenvalue weighted by Gasteiger charge is -2.26. The van der Waals surface area contributed by atoms with E-state index in [9.17, 15) is 4.21 Å². The molecule has 1 aromatic heterocycles. The number of halogens is 1. The SMILES string of the molecule is CC1CNC(c2ccc(Br)s2)CS1=O. The van der Waals surface area contributed by atoms with Gasteiger partial charge in [-0.15, -0.1) is 11.3 Å². The second kappa shape index (κ2) is 4.43. The maximum atomic E-state index is 11.6. The Morgan fingerprint density at radius 2 is 2.43 bits per heavy atom. The van der Waals surface area contributed by atoms with Crippen molar-refractivity contribution in [2.45, 2.75) is 18.2 Å². The summed E-state index contributed by atoms with van der Waals surface area (Å²) in [5, 5.41) is 3.71. The van der Waals surface area contributed by atoms with Gasteiger partial charge in [0.2, 0.25) is 0 Å². The third-order valence-electron chi connectivity index (χ3n) is 2.37. The van der Waals surface area contributed by atoms with Crippen LogP contribution >= 0.6 is 27.3 Å². The van der Waals surface area contributed by atoms with Crippen LogP contribution in [0.25, 0.3) is 0 Å². The van der Waals surface area contributed by atoms with E-state index in [0.29, 0.717) is 0 Å². The van der Waals surface area contributed by atoms with Gasteiger partial charge in [0.15, 0.2) is 0 Å². The van der Waals surface area contributed by atoms with Crippen LogP contribution in [0.3, 0.4) is 0 Å². The number of rotatable bonds is 1. The highest BCUT2D eigenvalue weighted by Gasteiger charge is 2.25. The fourth-order valence-corrected chi connectivity index (χ4v) is 4.33. The highest BCUT2D eigenvalue weighted by molar-refractivity contribution is 9.11. The molecular formula is C9H12BrNOS2. The van der Waals surface area contributed by atoms with Gasteiger partial charge in [-0.1, -0.05) is 0 Å². The molecule has 1 aliphatic rings. The molecule has 0 aromatic carbocycles. The van der Waals surface area contributed by atoms with E-state index in [1.165, 1.54) is 4.88 Å². The fourth-order valence-electron chi connectivity index (χ4n) is 1.49. The van der Waals surface area contributed by atoms with Gasteiger partial charge < -0.3 is 5.32 Å². The van der Waals surface area contributed by atoms with Crippen molar-refractivity contribution < 1.29 is 4.21 Å². The Bertz CT molecular complexity index is 352. The van der Waals surface area contributed by atoms with Crippen LogP contribution in [0.15, 0.2) is 15.9 Å². The van der Waals surface area contributed by atoms with Crippen molar-refractivity contribution in [2.24, 2.45) is 0 Å². The first kappa shape index (κ1) is 10.8. The normalized spacial score (nSPS) is 33.1. The summed E-state index contributed by atoms with van der Waals surface area (Å²) in [5.41, 5.74) is 0. The Labute approximate surface area is 98.7 Å². The maximum absolute atomic E-state index is 11.6. The monoisotopic (exact) mass is 293 g/mol. The van der Waals surface area contributed by atoms with Crippen LogP contribution in [0.4, 0.5) is 0 Å². The molecule has 2 nitrogen and oxygen atoms in total. The van der Waals surface area contributed by atoms with Gasteiger partial charge in [-0.05, 0) is 35.0 Å². The first-order valence-corrected chi connectivity index (χ1v) is 7.52. The van der Waals surface area contributed by atoms with Crippen molar-refractivity contribution in [2.75, 3.05) is 12.3 Å². The van der Waals surface area contributed by atoms with Crippen molar-refractivity contribution >= 4 is 38.1 Å². The van der Waals surface area contributed by atoms with Gasteiger partial charge in [-0.2, -0.15) is 0 Å². The van der Waals surface area contributed by atoms with E-state index in [1.807, 2.05) is 13.0 Å². The van der Waals surface area contributed by atoms with Crippen molar-refractivity contribution in [1.82, 2.24) is 5.32 Å². The third kappa shape index (κ3) is 2.27. The van der Waals surface area contributed by atoms with Crippen LogP contribution in [0, 0.1) is 0 Å². The van der Waals surface area contributed by atoms with Crippen molar-refractivity contribution in [3.8, 4) is 0 Å². The first-order valence-electron chi connectivity index (χ1n) is 4.52. The number of thiophene rings is 1. The van der Waals surface area contributed by atoms with Gasteiger partial charge in [0.25, 0.3) is 0 Å². The Balaban J connectivity index is 2.10. The maximum Gasteiger partial charge on any atom is 0.0701 e. The number of hydrogen-bond acceptors (Lipinski definition) is 3. The lowest BCUT2D eigenvalue weighted by molar-refractivity contribution is 0.546. The lowest BCUT2D eigenvalue weighted by atomic mass is 10.2. The molecule has 5 heteroatoms. The van der Waals surface area contributed by atoms with Crippen LogP contribution in [-0.4, -0.2) is 21.8 Å². The van der Waals surface area contributed by atoms with Gasteiger partial charge in [0.05, 0.1) is 9.83 Å². The molecule has 2 rings (SSSR count). The van der Waals surface area contributed by atoms with Crippen LogP contribution in [0.2, 0.25) is 0 Å². The largest absolute Gasteiger partial charge is 0.307 e. The Morgan fingerprint density at radius 1 is 1.64 bits per heavy atom. The molecule has 1 aliphatic heterocycles. The van der Waals surface area contributed by atoms with Gasteiger partial charge in [-0.25, -0.2) is 0 Å². The Hall–Kier alpha value is 0.290. The lowest BCUT2D eigenvalue weighted by Crippen LogP contribution is -2.41. The molecule has 2 heterocycles. The molecule has 3 unspecified atom stereocenters. The van der Waals surface area contributed by atoms with E-state index < -0.39 is 10.8 Å². The van der Waals surface area contributed by atoms with Gasteiger partial charge in [-0.3, -0.25) is 4.21 Å². The van der Waals surface area contributed by atoms with E-state index in [2.05, 4.69) is 27.3 Å². The second-order valence-electron chi connectivity index (χ2n) is 3.46. The summed E-state index contributed by atoms with van der Waals surface area (Å²) in [4.78, 5) is 1.28. The predicted molar refractivity (Wildman–Crippen MR) is 65.2 cm³/mol.